The van der Waals surface area contributed by atoms with E-state index >= 15 is 0 Å². The molecule has 0 saturated carbocycles. The molecule has 1 aromatic rings. The maximum Gasteiger partial charge on any atom is 0.299 e. The van der Waals surface area contributed by atoms with Crippen LogP contribution < -0.4 is 4.90 Å². The van der Waals surface area contributed by atoms with Crippen molar-refractivity contribution in [1.29, 1.82) is 0 Å². The van der Waals surface area contributed by atoms with Crippen molar-refractivity contribution in [2.45, 2.75) is 13.3 Å². The van der Waals surface area contributed by atoms with Crippen LogP contribution in [0.4, 0.5) is 10.1 Å². The molecule has 1 heterocycles. The van der Waals surface area contributed by atoms with E-state index in [-0.39, 0.29) is 33.8 Å². The molecule has 114 valence electrons. The molecule has 2 rings (SSSR count). The Kier molecular flexibility index (Phi) is 4.48. The molecular weight excluding hydrogens is 365 g/mol. The van der Waals surface area contributed by atoms with E-state index in [0.717, 1.165) is 17.0 Å². The first kappa shape index (κ1) is 16.1. The molecule has 0 fully saturated rings. The van der Waals surface area contributed by atoms with Crippen molar-refractivity contribution in [2.75, 3.05) is 23.0 Å². The third-order valence-corrected chi connectivity index (χ3v) is 5.56. The van der Waals surface area contributed by atoms with Gasteiger partial charge in [0, 0.05) is 16.8 Å². The van der Waals surface area contributed by atoms with Gasteiger partial charge < -0.3 is 4.90 Å². The zero-order chi connectivity index (χ0) is 15.8. The summed E-state index contributed by atoms with van der Waals surface area (Å²) in [6.07, 6.45) is 0.487. The normalized spacial score (nSPS) is 14.7. The molecule has 0 spiro atoms. The minimum absolute atomic E-state index is 0.0282. The van der Waals surface area contributed by atoms with Crippen molar-refractivity contribution in [1.82, 2.24) is 0 Å². The fourth-order valence-corrected chi connectivity index (χ4v) is 4.14. The number of halogens is 2. The number of rotatable bonds is 5. The van der Waals surface area contributed by atoms with Crippen molar-refractivity contribution >= 4 is 43.1 Å². The van der Waals surface area contributed by atoms with Crippen LogP contribution in [0.25, 0.3) is 0 Å². The molecule has 1 aliphatic heterocycles. The van der Waals surface area contributed by atoms with Crippen LogP contribution in [0.5, 0.6) is 0 Å². The number of hydrogen-bond acceptors (Lipinski definition) is 4. The van der Waals surface area contributed by atoms with Crippen LogP contribution >= 0.6 is 15.9 Å². The van der Waals surface area contributed by atoms with E-state index in [1.807, 2.05) is 0 Å². The van der Waals surface area contributed by atoms with Gasteiger partial charge in [-0.15, -0.1) is 0 Å². The van der Waals surface area contributed by atoms with Crippen molar-refractivity contribution in [3.05, 3.63) is 28.0 Å². The number of ketones is 1. The highest BCUT2D eigenvalue weighted by atomic mass is 79.9. The molecule has 1 aromatic carbocycles. The van der Waals surface area contributed by atoms with Gasteiger partial charge in [-0.2, -0.15) is 0 Å². The highest BCUT2D eigenvalue weighted by molar-refractivity contribution is 9.10. The summed E-state index contributed by atoms with van der Waals surface area (Å²) in [7, 11) is -3.28. The first-order valence-electron chi connectivity index (χ1n) is 6.32. The molecule has 0 saturated heterocycles. The van der Waals surface area contributed by atoms with Crippen molar-refractivity contribution in [3.63, 3.8) is 0 Å². The molecule has 0 aliphatic carbocycles. The summed E-state index contributed by atoms with van der Waals surface area (Å²) in [5.41, 5.74) is 0.192. The molecule has 1 aliphatic rings. The Bertz CT molecular complexity index is 717. The number of benzene rings is 1. The van der Waals surface area contributed by atoms with E-state index in [4.69, 9.17) is 0 Å². The van der Waals surface area contributed by atoms with Gasteiger partial charge in [0.1, 0.15) is 5.82 Å². The lowest BCUT2D eigenvalue weighted by Gasteiger charge is -2.17. The van der Waals surface area contributed by atoms with Gasteiger partial charge in [-0.25, -0.2) is 12.8 Å². The number of nitrogens with zero attached hydrogens (tertiary/aromatic N) is 1. The van der Waals surface area contributed by atoms with Gasteiger partial charge in [-0.05, 0) is 34.5 Å². The number of sulfone groups is 1. The Balaban J connectivity index is 2.32. The van der Waals surface area contributed by atoms with Crippen LogP contribution in [0, 0.1) is 5.82 Å². The van der Waals surface area contributed by atoms with Crippen LogP contribution in [-0.4, -0.2) is 38.2 Å². The number of fused-ring (bicyclic) bond motifs is 1. The molecule has 5 nitrogen and oxygen atoms in total. The van der Waals surface area contributed by atoms with E-state index in [2.05, 4.69) is 15.9 Å². The molecular formula is C13H13BrFNO4S. The number of carbonyl (C=O) groups is 2. The average molecular weight is 378 g/mol. The van der Waals surface area contributed by atoms with E-state index < -0.39 is 27.3 Å². The number of carbonyl (C=O) groups excluding carboxylic acids is 2. The number of amides is 1. The second kappa shape index (κ2) is 5.84. The Morgan fingerprint density at radius 2 is 1.90 bits per heavy atom. The topological polar surface area (TPSA) is 71.5 Å². The van der Waals surface area contributed by atoms with Crippen LogP contribution in [0.2, 0.25) is 0 Å². The zero-order valence-corrected chi connectivity index (χ0v) is 13.6. The monoisotopic (exact) mass is 377 g/mol. The predicted octanol–water partition coefficient (Wildman–Crippen LogP) is 1.94. The summed E-state index contributed by atoms with van der Waals surface area (Å²) in [5.74, 6) is -2.49. The van der Waals surface area contributed by atoms with Crippen molar-refractivity contribution in [3.8, 4) is 0 Å². The van der Waals surface area contributed by atoms with Crippen LogP contribution in [0.15, 0.2) is 16.6 Å². The summed E-state index contributed by atoms with van der Waals surface area (Å²) >= 11 is 3.11. The van der Waals surface area contributed by atoms with Crippen molar-refractivity contribution < 1.29 is 22.4 Å². The van der Waals surface area contributed by atoms with Crippen LogP contribution in [0.3, 0.4) is 0 Å². The average Bonchev–Trinajstić information content (AvgIpc) is 2.61. The highest BCUT2D eigenvalue weighted by Crippen LogP contribution is 2.36. The highest BCUT2D eigenvalue weighted by Gasteiger charge is 2.38. The van der Waals surface area contributed by atoms with Gasteiger partial charge in [0.15, 0.2) is 9.84 Å². The largest absolute Gasteiger partial charge is 0.303 e. The Labute approximate surface area is 130 Å². The second-order valence-electron chi connectivity index (χ2n) is 4.72. The summed E-state index contributed by atoms with van der Waals surface area (Å²) in [6, 6.07) is 2.12. The van der Waals surface area contributed by atoms with Gasteiger partial charge in [0.05, 0.1) is 17.0 Å². The summed E-state index contributed by atoms with van der Waals surface area (Å²) in [6.45, 7) is 1.63. The van der Waals surface area contributed by atoms with Gasteiger partial charge in [-0.3, -0.25) is 9.59 Å². The zero-order valence-electron chi connectivity index (χ0n) is 11.2. The minimum atomic E-state index is -3.28. The Hall–Kier alpha value is -1.28. The fraction of sp³-hybridized carbons (Fsp3) is 0.385. The third kappa shape index (κ3) is 3.16. The number of anilines is 1. The minimum Gasteiger partial charge on any atom is -0.303 e. The van der Waals surface area contributed by atoms with E-state index in [0.29, 0.717) is 6.42 Å². The molecule has 0 radical (unpaired) electrons. The molecule has 0 aromatic heterocycles. The Morgan fingerprint density at radius 3 is 2.52 bits per heavy atom. The molecule has 0 N–H and O–H groups in total. The maximum atomic E-state index is 13.3. The van der Waals surface area contributed by atoms with E-state index in [1.165, 1.54) is 0 Å². The number of Topliss-reactive ketones (excluding diaryl/α,β-unsaturated/α-hetero) is 1. The Morgan fingerprint density at radius 1 is 1.24 bits per heavy atom. The van der Waals surface area contributed by atoms with Crippen molar-refractivity contribution in [2.24, 2.45) is 0 Å². The molecule has 1 amide bonds. The molecule has 0 atom stereocenters. The standard InChI is InChI=1S/C13H13BrFNO4S/c1-2-4-21(19,20)5-3-16-11-9(12(17)13(16)18)6-8(15)7-10(11)14/h6-7H,2-5H2,1H3. The van der Waals surface area contributed by atoms with E-state index in [9.17, 15) is 22.4 Å². The van der Waals surface area contributed by atoms with Gasteiger partial charge in [0.25, 0.3) is 11.7 Å². The summed E-state index contributed by atoms with van der Waals surface area (Å²) in [5, 5.41) is 0. The molecule has 21 heavy (non-hydrogen) atoms. The lowest BCUT2D eigenvalue weighted by molar-refractivity contribution is -0.114. The quantitative estimate of drug-likeness (QED) is 0.735. The predicted molar refractivity (Wildman–Crippen MR) is 79.7 cm³/mol. The third-order valence-electron chi connectivity index (χ3n) is 3.12. The SMILES string of the molecule is CCCS(=O)(=O)CCN1C(=O)C(=O)c2cc(F)cc(Br)c21. The molecule has 0 unspecified atom stereocenters. The first-order valence-corrected chi connectivity index (χ1v) is 8.94. The fourth-order valence-electron chi connectivity index (χ4n) is 2.21. The summed E-state index contributed by atoms with van der Waals surface area (Å²) in [4.78, 5) is 24.9. The molecule has 8 heteroatoms. The van der Waals surface area contributed by atoms with Gasteiger partial charge >= 0.3 is 0 Å². The lowest BCUT2D eigenvalue weighted by Crippen LogP contribution is -2.34. The van der Waals surface area contributed by atoms with Gasteiger partial charge in [0.2, 0.25) is 0 Å². The van der Waals surface area contributed by atoms with Gasteiger partial charge in [-0.1, -0.05) is 6.92 Å². The lowest BCUT2D eigenvalue weighted by atomic mass is 10.1. The van der Waals surface area contributed by atoms with Crippen LogP contribution in [0.1, 0.15) is 23.7 Å². The number of hydrogen-bond donors (Lipinski definition) is 0. The smallest absolute Gasteiger partial charge is 0.299 e. The van der Waals surface area contributed by atoms with E-state index in [1.54, 1.807) is 6.92 Å². The first-order chi connectivity index (χ1) is 9.76. The maximum absolute atomic E-state index is 13.3. The second-order valence-corrected chi connectivity index (χ2v) is 7.88. The summed E-state index contributed by atoms with van der Waals surface area (Å²) < 4.78 is 37.0. The molecule has 0 bridgehead atoms. The van der Waals surface area contributed by atoms with Crippen LogP contribution in [-0.2, 0) is 14.6 Å².